The summed E-state index contributed by atoms with van der Waals surface area (Å²) < 4.78 is 9.76. The first-order valence-electron chi connectivity index (χ1n) is 5.41. The van der Waals surface area contributed by atoms with Crippen LogP contribution in [-0.4, -0.2) is 51.3 Å². The summed E-state index contributed by atoms with van der Waals surface area (Å²) in [4.78, 5) is 22.3. The fourth-order valence-electron chi connectivity index (χ4n) is 1.39. The Morgan fingerprint density at radius 2 is 2.38 bits per heavy atom. The second kappa shape index (κ2) is 7.19. The Hall–Kier alpha value is -1.14. The van der Waals surface area contributed by atoms with Gasteiger partial charge in [0.2, 0.25) is 5.91 Å². The predicted molar refractivity (Wildman–Crippen MR) is 56.9 cm³/mol. The molecule has 1 amide bonds. The van der Waals surface area contributed by atoms with Crippen molar-refractivity contribution in [2.24, 2.45) is 0 Å². The van der Waals surface area contributed by atoms with Crippen LogP contribution in [0.5, 0.6) is 0 Å². The minimum atomic E-state index is -0.410. The average Bonchev–Trinajstić information content (AvgIpc) is 2.35. The number of nitrogens with one attached hydrogen (secondary N) is 2. The zero-order chi connectivity index (χ0) is 11.8. The highest BCUT2D eigenvalue weighted by Gasteiger charge is 2.20. The van der Waals surface area contributed by atoms with Crippen molar-refractivity contribution in [1.29, 1.82) is 0 Å². The van der Waals surface area contributed by atoms with Gasteiger partial charge in [-0.05, 0) is 6.42 Å². The van der Waals surface area contributed by atoms with Gasteiger partial charge in [-0.3, -0.25) is 9.59 Å². The lowest BCUT2D eigenvalue weighted by molar-refractivity contribution is -0.141. The molecule has 0 radical (unpaired) electrons. The predicted octanol–water partition coefficient (Wildman–Crippen LogP) is -0.956. The molecule has 1 aliphatic heterocycles. The van der Waals surface area contributed by atoms with Gasteiger partial charge in [0.15, 0.2) is 0 Å². The normalized spacial score (nSPS) is 20.2. The van der Waals surface area contributed by atoms with E-state index in [1.165, 1.54) is 7.11 Å². The highest BCUT2D eigenvalue weighted by atomic mass is 16.5. The molecule has 1 atom stereocenters. The molecule has 0 aromatic rings. The van der Waals surface area contributed by atoms with Crippen LogP contribution in [0.2, 0.25) is 0 Å². The number of esters is 1. The van der Waals surface area contributed by atoms with E-state index in [-0.39, 0.29) is 11.9 Å². The van der Waals surface area contributed by atoms with Crippen molar-refractivity contribution in [3.05, 3.63) is 0 Å². The quantitative estimate of drug-likeness (QED) is 0.470. The number of ether oxygens (including phenoxy) is 2. The Labute approximate surface area is 94.7 Å². The van der Waals surface area contributed by atoms with Crippen LogP contribution in [0.15, 0.2) is 0 Å². The number of rotatable bonds is 5. The summed E-state index contributed by atoms with van der Waals surface area (Å²) in [5.74, 6) is -0.387. The van der Waals surface area contributed by atoms with Crippen LogP contribution in [0.25, 0.3) is 0 Å². The van der Waals surface area contributed by atoms with Crippen LogP contribution in [0.3, 0.4) is 0 Å². The third-order valence-electron chi connectivity index (χ3n) is 2.30. The molecule has 92 valence electrons. The van der Waals surface area contributed by atoms with Crippen LogP contribution in [0.1, 0.15) is 12.8 Å². The number of hydrogen-bond donors (Lipinski definition) is 2. The van der Waals surface area contributed by atoms with Crippen LogP contribution in [0.4, 0.5) is 0 Å². The van der Waals surface area contributed by atoms with Gasteiger partial charge in [-0.1, -0.05) is 0 Å². The molecule has 0 aromatic heterocycles. The van der Waals surface area contributed by atoms with Crippen LogP contribution >= 0.6 is 0 Å². The van der Waals surface area contributed by atoms with Gasteiger partial charge in [0.1, 0.15) is 6.10 Å². The van der Waals surface area contributed by atoms with E-state index >= 15 is 0 Å². The van der Waals surface area contributed by atoms with Gasteiger partial charge in [-0.25, -0.2) is 0 Å². The van der Waals surface area contributed by atoms with E-state index in [1.807, 2.05) is 0 Å². The summed E-state index contributed by atoms with van der Waals surface area (Å²) in [7, 11) is 1.35. The lowest BCUT2D eigenvalue weighted by Gasteiger charge is -2.22. The first kappa shape index (κ1) is 12.9. The summed E-state index contributed by atoms with van der Waals surface area (Å²) in [5.41, 5.74) is 0. The highest BCUT2D eigenvalue weighted by molar-refractivity contribution is 5.81. The molecule has 6 nitrogen and oxygen atoms in total. The van der Waals surface area contributed by atoms with Crippen molar-refractivity contribution in [3.8, 4) is 0 Å². The number of carbonyl (C=O) groups excluding carboxylic acids is 2. The Balaban J connectivity index is 2.07. The van der Waals surface area contributed by atoms with Gasteiger partial charge in [0.25, 0.3) is 0 Å². The molecule has 0 aromatic carbocycles. The van der Waals surface area contributed by atoms with Gasteiger partial charge in [0, 0.05) is 26.1 Å². The number of amides is 1. The fourth-order valence-corrected chi connectivity index (χ4v) is 1.39. The fraction of sp³-hybridized carbons (Fsp3) is 0.800. The maximum Gasteiger partial charge on any atom is 0.305 e. The average molecular weight is 230 g/mol. The van der Waals surface area contributed by atoms with Gasteiger partial charge < -0.3 is 20.1 Å². The van der Waals surface area contributed by atoms with Crippen molar-refractivity contribution in [1.82, 2.24) is 10.6 Å². The summed E-state index contributed by atoms with van der Waals surface area (Å²) >= 11 is 0. The molecular weight excluding hydrogens is 212 g/mol. The molecule has 16 heavy (non-hydrogen) atoms. The molecule has 0 saturated carbocycles. The maximum atomic E-state index is 11.5. The molecule has 1 heterocycles. The molecule has 0 bridgehead atoms. The SMILES string of the molecule is COC(=O)CCCNC(=O)C1CNCCO1. The van der Waals surface area contributed by atoms with Crippen LogP contribution in [-0.2, 0) is 19.1 Å². The zero-order valence-corrected chi connectivity index (χ0v) is 9.45. The number of carbonyl (C=O) groups is 2. The van der Waals surface area contributed by atoms with Gasteiger partial charge >= 0.3 is 5.97 Å². The van der Waals surface area contributed by atoms with Gasteiger partial charge in [-0.2, -0.15) is 0 Å². The Bertz CT molecular complexity index is 239. The van der Waals surface area contributed by atoms with Crippen LogP contribution < -0.4 is 10.6 Å². The topological polar surface area (TPSA) is 76.7 Å². The van der Waals surface area contributed by atoms with E-state index < -0.39 is 6.10 Å². The largest absolute Gasteiger partial charge is 0.469 e. The second-order valence-electron chi connectivity index (χ2n) is 3.53. The van der Waals surface area contributed by atoms with E-state index in [0.717, 1.165) is 6.54 Å². The molecular formula is C10H18N2O4. The van der Waals surface area contributed by atoms with Crippen molar-refractivity contribution in [3.63, 3.8) is 0 Å². The number of methoxy groups -OCH3 is 1. The monoisotopic (exact) mass is 230 g/mol. The summed E-state index contributed by atoms with van der Waals surface area (Å²) in [6.45, 7) is 2.35. The van der Waals surface area contributed by atoms with E-state index in [0.29, 0.717) is 32.5 Å². The van der Waals surface area contributed by atoms with E-state index in [4.69, 9.17) is 4.74 Å². The Morgan fingerprint density at radius 3 is 3.00 bits per heavy atom. The molecule has 1 saturated heterocycles. The third-order valence-corrected chi connectivity index (χ3v) is 2.30. The second-order valence-corrected chi connectivity index (χ2v) is 3.53. The highest BCUT2D eigenvalue weighted by Crippen LogP contribution is 1.96. The van der Waals surface area contributed by atoms with Crippen molar-refractivity contribution in [2.45, 2.75) is 18.9 Å². The Morgan fingerprint density at radius 1 is 1.56 bits per heavy atom. The first-order valence-corrected chi connectivity index (χ1v) is 5.41. The minimum Gasteiger partial charge on any atom is -0.469 e. The summed E-state index contributed by atoms with van der Waals surface area (Å²) in [6.07, 6.45) is 0.492. The molecule has 0 spiro atoms. The first-order chi connectivity index (χ1) is 7.74. The maximum absolute atomic E-state index is 11.5. The lowest BCUT2D eigenvalue weighted by atomic mass is 10.2. The smallest absolute Gasteiger partial charge is 0.305 e. The Kier molecular flexibility index (Phi) is 5.81. The van der Waals surface area contributed by atoms with Crippen molar-refractivity contribution < 1.29 is 19.1 Å². The molecule has 1 aliphatic rings. The van der Waals surface area contributed by atoms with Crippen molar-refractivity contribution in [2.75, 3.05) is 33.4 Å². The molecule has 1 unspecified atom stereocenters. The van der Waals surface area contributed by atoms with Crippen molar-refractivity contribution >= 4 is 11.9 Å². The third kappa shape index (κ3) is 4.59. The van der Waals surface area contributed by atoms with E-state index in [2.05, 4.69) is 15.4 Å². The number of hydrogen-bond acceptors (Lipinski definition) is 5. The minimum absolute atomic E-state index is 0.128. The lowest BCUT2D eigenvalue weighted by Crippen LogP contribution is -2.48. The number of morpholine rings is 1. The van der Waals surface area contributed by atoms with Gasteiger partial charge in [0.05, 0.1) is 13.7 Å². The molecule has 1 rings (SSSR count). The van der Waals surface area contributed by atoms with E-state index in [9.17, 15) is 9.59 Å². The molecule has 2 N–H and O–H groups in total. The molecule has 6 heteroatoms. The standard InChI is InChI=1S/C10H18N2O4/c1-15-9(13)3-2-4-12-10(14)8-7-11-5-6-16-8/h8,11H,2-7H2,1H3,(H,12,14). The summed E-state index contributed by atoms with van der Waals surface area (Å²) in [6, 6.07) is 0. The molecule has 1 fully saturated rings. The molecule has 0 aliphatic carbocycles. The summed E-state index contributed by atoms with van der Waals surface area (Å²) in [5, 5.41) is 5.79. The van der Waals surface area contributed by atoms with Gasteiger partial charge in [-0.15, -0.1) is 0 Å². The zero-order valence-electron chi connectivity index (χ0n) is 9.45. The van der Waals surface area contributed by atoms with E-state index in [1.54, 1.807) is 0 Å². The van der Waals surface area contributed by atoms with Crippen LogP contribution in [0, 0.1) is 0 Å².